The zero-order valence-corrected chi connectivity index (χ0v) is 27.5. The summed E-state index contributed by atoms with van der Waals surface area (Å²) in [7, 11) is 0. The summed E-state index contributed by atoms with van der Waals surface area (Å²) in [5, 5.41) is 0. The highest BCUT2D eigenvalue weighted by atomic mass is 14.3. The second-order valence-electron chi connectivity index (χ2n) is 13.2. The van der Waals surface area contributed by atoms with Crippen molar-refractivity contribution in [2.24, 2.45) is 0 Å². The smallest absolute Gasteiger partial charge is 0.00201 e. The molecule has 0 saturated heterocycles. The zero-order chi connectivity index (χ0) is 31.1. The fraction of sp³-hybridized carbons (Fsp3) is 0.227. The van der Waals surface area contributed by atoms with Crippen molar-refractivity contribution in [2.45, 2.75) is 67.2 Å². The molecule has 0 heterocycles. The van der Waals surface area contributed by atoms with Gasteiger partial charge in [-0.15, -0.1) is 0 Å². The topological polar surface area (TPSA) is 0 Å². The van der Waals surface area contributed by atoms with Crippen molar-refractivity contribution >= 4 is 11.1 Å². The molecule has 0 fully saturated rings. The lowest BCUT2D eigenvalue weighted by molar-refractivity contribution is 0.868. The molecule has 220 valence electrons. The third kappa shape index (κ3) is 5.28. The molecule has 0 N–H and O–H groups in total. The SMILES string of the molecule is Cc1cc(/C(=C(\c2ccccc2)c2cc(C)c3cc(C(C)C)ccc(C)c2-3)c2ccccc2)c2c(C)ccc(C(C)C)cc1-2. The molecule has 0 atom stereocenters. The number of fused-ring (bicyclic) bond motifs is 2. The van der Waals surface area contributed by atoms with Crippen LogP contribution >= 0.6 is 0 Å². The summed E-state index contributed by atoms with van der Waals surface area (Å²) in [4.78, 5) is 0. The molecule has 0 aromatic heterocycles. The van der Waals surface area contributed by atoms with Crippen LogP contribution in [0, 0.1) is 27.7 Å². The van der Waals surface area contributed by atoms with Gasteiger partial charge in [0.15, 0.2) is 0 Å². The Balaban J connectivity index is 1.79. The maximum atomic E-state index is 2.44. The van der Waals surface area contributed by atoms with Gasteiger partial charge in [-0.1, -0.05) is 137 Å². The summed E-state index contributed by atoms with van der Waals surface area (Å²) < 4.78 is 0. The molecule has 2 aromatic rings. The Morgan fingerprint density at radius 2 is 0.773 bits per heavy atom. The molecule has 4 aliphatic rings. The van der Waals surface area contributed by atoms with Crippen molar-refractivity contribution in [3.8, 4) is 22.3 Å². The van der Waals surface area contributed by atoms with Crippen molar-refractivity contribution in [1.82, 2.24) is 0 Å². The van der Waals surface area contributed by atoms with E-state index in [1.807, 2.05) is 0 Å². The van der Waals surface area contributed by atoms with Crippen molar-refractivity contribution < 1.29 is 0 Å². The maximum absolute atomic E-state index is 2.44. The first-order valence-electron chi connectivity index (χ1n) is 16.1. The Morgan fingerprint density at radius 3 is 1.11 bits per heavy atom. The maximum Gasteiger partial charge on any atom is -0.00201 e. The second kappa shape index (κ2) is 11.9. The zero-order valence-electron chi connectivity index (χ0n) is 27.5. The average Bonchev–Trinajstić information content (AvgIpc) is 3.34. The van der Waals surface area contributed by atoms with Gasteiger partial charge in [0.2, 0.25) is 0 Å². The minimum Gasteiger partial charge on any atom is -0.0622 e. The highest BCUT2D eigenvalue weighted by molar-refractivity contribution is 6.11. The van der Waals surface area contributed by atoms with E-state index in [1.54, 1.807) is 0 Å². The van der Waals surface area contributed by atoms with Crippen LogP contribution in [0.4, 0.5) is 0 Å². The first-order chi connectivity index (χ1) is 21.2. The van der Waals surface area contributed by atoms with E-state index in [9.17, 15) is 0 Å². The molecular weight excluding hydrogens is 528 g/mol. The highest BCUT2D eigenvalue weighted by Crippen LogP contribution is 2.49. The lowest BCUT2D eigenvalue weighted by Crippen LogP contribution is -1.98. The quantitative estimate of drug-likeness (QED) is 0.174. The van der Waals surface area contributed by atoms with Crippen molar-refractivity contribution in [3.05, 3.63) is 165 Å². The van der Waals surface area contributed by atoms with Crippen LogP contribution < -0.4 is 0 Å². The Morgan fingerprint density at radius 1 is 0.409 bits per heavy atom. The Bertz CT molecular complexity index is 1770. The second-order valence-corrected chi connectivity index (χ2v) is 13.2. The Labute approximate surface area is 264 Å². The van der Waals surface area contributed by atoms with Gasteiger partial charge in [-0.2, -0.15) is 0 Å². The summed E-state index contributed by atoms with van der Waals surface area (Å²) in [5.41, 5.74) is 21.1. The van der Waals surface area contributed by atoms with E-state index in [0.717, 1.165) is 0 Å². The van der Waals surface area contributed by atoms with Crippen LogP contribution in [0.5, 0.6) is 0 Å². The number of aryl methyl sites for hydroxylation is 4. The van der Waals surface area contributed by atoms with Crippen molar-refractivity contribution in [3.63, 3.8) is 0 Å². The van der Waals surface area contributed by atoms with Crippen molar-refractivity contribution in [2.75, 3.05) is 0 Å². The van der Waals surface area contributed by atoms with Gasteiger partial charge < -0.3 is 0 Å². The molecule has 44 heavy (non-hydrogen) atoms. The van der Waals surface area contributed by atoms with E-state index in [2.05, 4.69) is 165 Å². The van der Waals surface area contributed by atoms with E-state index in [-0.39, 0.29) is 0 Å². The predicted octanol–water partition coefficient (Wildman–Crippen LogP) is 12.4. The van der Waals surface area contributed by atoms with E-state index in [0.29, 0.717) is 11.8 Å². The molecule has 0 bridgehead atoms. The van der Waals surface area contributed by atoms with Crippen LogP contribution in [0.1, 0.15) is 95.2 Å². The first kappa shape index (κ1) is 29.6. The number of benzene rings is 2. The molecule has 0 saturated carbocycles. The number of rotatable bonds is 6. The predicted molar refractivity (Wildman–Crippen MR) is 191 cm³/mol. The molecular formula is C44H44. The van der Waals surface area contributed by atoms with Gasteiger partial charge in [0.1, 0.15) is 0 Å². The fourth-order valence-electron chi connectivity index (χ4n) is 6.87. The molecule has 0 nitrogen and oxygen atoms in total. The van der Waals surface area contributed by atoms with Crippen LogP contribution in [0.3, 0.4) is 0 Å². The van der Waals surface area contributed by atoms with E-state index < -0.39 is 0 Å². The summed E-state index contributed by atoms with van der Waals surface area (Å²) >= 11 is 0. The number of hydrogen-bond donors (Lipinski definition) is 0. The third-order valence-electron chi connectivity index (χ3n) is 9.36. The third-order valence-corrected chi connectivity index (χ3v) is 9.36. The molecule has 0 aliphatic heterocycles. The van der Waals surface area contributed by atoms with Crippen LogP contribution in [-0.2, 0) is 0 Å². The summed E-state index contributed by atoms with van der Waals surface area (Å²) in [6.45, 7) is 18.3. The fourth-order valence-corrected chi connectivity index (χ4v) is 6.87. The standard InChI is InChI=1S/C44H44/c1-27(2)35-21-19-29(5)41-37(25-35)31(7)23-39(41)43(33-15-11-9-12-16-33)44(34-17-13-10-14-18-34)40-24-32(8)38-26-36(28(3)4)22-20-30(6)42(38)40/h9-28H,1-8H3/b44-43+. The molecule has 0 radical (unpaired) electrons. The van der Waals surface area contributed by atoms with Crippen LogP contribution in [0.15, 0.2) is 109 Å². The van der Waals surface area contributed by atoms with Gasteiger partial charge in [-0.25, -0.2) is 0 Å². The molecule has 4 aliphatic carbocycles. The molecule has 0 spiro atoms. The van der Waals surface area contributed by atoms with Gasteiger partial charge in [-0.3, -0.25) is 0 Å². The van der Waals surface area contributed by atoms with Crippen molar-refractivity contribution in [1.29, 1.82) is 0 Å². The van der Waals surface area contributed by atoms with Gasteiger partial charge in [0.05, 0.1) is 0 Å². The lowest BCUT2D eigenvalue weighted by Gasteiger charge is -2.20. The average molecular weight is 573 g/mol. The summed E-state index contributed by atoms with van der Waals surface area (Å²) in [5.74, 6) is 0.926. The van der Waals surface area contributed by atoms with Gasteiger partial charge in [0, 0.05) is 0 Å². The van der Waals surface area contributed by atoms with Crippen LogP contribution in [0.2, 0.25) is 0 Å². The van der Waals surface area contributed by atoms with E-state index >= 15 is 0 Å². The normalized spacial score (nSPS) is 12.4. The molecule has 6 rings (SSSR count). The molecule has 0 heteroatoms. The summed E-state index contributed by atoms with van der Waals surface area (Å²) in [6, 6.07) is 41.1. The Hall–Kier alpha value is -4.42. The largest absolute Gasteiger partial charge is 0.0622 e. The van der Waals surface area contributed by atoms with Gasteiger partial charge in [0.25, 0.3) is 0 Å². The monoisotopic (exact) mass is 572 g/mol. The minimum atomic E-state index is 0.463. The van der Waals surface area contributed by atoms with Gasteiger partial charge in [-0.05, 0) is 129 Å². The Kier molecular flexibility index (Phi) is 8.04. The first-order valence-corrected chi connectivity index (χ1v) is 16.1. The molecule has 0 unspecified atom stereocenters. The van der Waals surface area contributed by atoms with E-state index in [4.69, 9.17) is 0 Å². The lowest BCUT2D eigenvalue weighted by atomic mass is 9.83. The molecule has 2 aromatic carbocycles. The summed E-state index contributed by atoms with van der Waals surface area (Å²) in [6.07, 6.45) is 0. The van der Waals surface area contributed by atoms with Crippen LogP contribution in [0.25, 0.3) is 33.4 Å². The van der Waals surface area contributed by atoms with Crippen LogP contribution in [-0.4, -0.2) is 0 Å². The minimum absolute atomic E-state index is 0.463. The highest BCUT2D eigenvalue weighted by Gasteiger charge is 2.27. The molecule has 0 amide bonds. The van der Waals surface area contributed by atoms with E-state index in [1.165, 1.54) is 89.0 Å². The number of hydrogen-bond acceptors (Lipinski definition) is 0. The van der Waals surface area contributed by atoms with Gasteiger partial charge >= 0.3 is 0 Å².